The zero-order valence-electron chi connectivity index (χ0n) is 20.0. The van der Waals surface area contributed by atoms with Gasteiger partial charge in [-0.15, -0.1) is 13.2 Å². The molecule has 0 atom stereocenters. The van der Waals surface area contributed by atoms with Crippen LogP contribution >= 0.6 is 11.6 Å². The number of carbonyl (C=O) groups is 1. The van der Waals surface area contributed by atoms with Crippen LogP contribution in [0.25, 0.3) is 5.65 Å². The van der Waals surface area contributed by atoms with E-state index in [0.29, 0.717) is 48.1 Å². The van der Waals surface area contributed by atoms with Crippen molar-refractivity contribution in [3.8, 4) is 5.75 Å². The maximum absolute atomic E-state index is 13.1. The average molecular weight is 529 g/mol. The second-order valence-corrected chi connectivity index (χ2v) is 9.40. The fraction of sp³-hybridized carbons (Fsp3) is 0.259. The largest absolute Gasteiger partial charge is 0.573 e. The van der Waals surface area contributed by atoms with Gasteiger partial charge in [0, 0.05) is 32.4 Å². The van der Waals surface area contributed by atoms with Gasteiger partial charge in [-0.25, -0.2) is 4.98 Å². The minimum atomic E-state index is -4.70. The number of imidazole rings is 1. The summed E-state index contributed by atoms with van der Waals surface area (Å²) in [5.41, 5.74) is 6.10. The van der Waals surface area contributed by atoms with E-state index >= 15 is 0 Å². The molecule has 1 aliphatic heterocycles. The number of alkyl halides is 3. The van der Waals surface area contributed by atoms with E-state index in [-0.39, 0.29) is 11.7 Å². The molecule has 5 rings (SSSR count). The number of nitrogens with one attached hydrogen (secondary N) is 1. The lowest BCUT2D eigenvalue weighted by Crippen LogP contribution is -2.25. The fourth-order valence-electron chi connectivity index (χ4n) is 4.62. The zero-order chi connectivity index (χ0) is 26.2. The number of aromatic nitrogens is 2. The quantitative estimate of drug-likeness (QED) is 0.325. The number of fused-ring (bicyclic) bond motifs is 2. The van der Waals surface area contributed by atoms with Crippen LogP contribution in [-0.4, -0.2) is 26.6 Å². The van der Waals surface area contributed by atoms with Crippen molar-refractivity contribution < 1.29 is 22.7 Å². The van der Waals surface area contributed by atoms with E-state index in [1.807, 2.05) is 13.0 Å². The summed E-state index contributed by atoms with van der Waals surface area (Å²) >= 11 is 6.14. The Morgan fingerprint density at radius 2 is 1.78 bits per heavy atom. The second kappa shape index (κ2) is 10.1. The highest BCUT2D eigenvalue weighted by Gasteiger charge is 2.31. The summed E-state index contributed by atoms with van der Waals surface area (Å²) < 4.78 is 42.8. The van der Waals surface area contributed by atoms with Crippen molar-refractivity contribution in [2.45, 2.75) is 45.9 Å². The number of carbonyl (C=O) groups excluding carboxylic acids is 1. The Morgan fingerprint density at radius 1 is 1.05 bits per heavy atom. The van der Waals surface area contributed by atoms with Crippen LogP contribution in [0.15, 0.2) is 60.8 Å². The van der Waals surface area contributed by atoms with E-state index in [1.165, 1.54) is 23.3 Å². The first-order chi connectivity index (χ1) is 17.7. The van der Waals surface area contributed by atoms with Gasteiger partial charge in [0.1, 0.15) is 17.1 Å². The van der Waals surface area contributed by atoms with Crippen molar-refractivity contribution >= 4 is 23.2 Å². The Bertz CT molecular complexity index is 1450. The SMILES string of the molecule is CCc1nc2ccc(Cl)cn2c1C(=O)NCc1ccc2c(c1)CN(Cc1ccc(OC(F)(F)F)cc1)C2. The van der Waals surface area contributed by atoms with E-state index in [9.17, 15) is 18.0 Å². The molecule has 0 bridgehead atoms. The molecule has 0 aliphatic carbocycles. The second-order valence-electron chi connectivity index (χ2n) is 8.96. The molecule has 0 unspecified atom stereocenters. The highest BCUT2D eigenvalue weighted by Crippen LogP contribution is 2.27. The molecular weight excluding hydrogens is 505 g/mol. The minimum absolute atomic E-state index is 0.216. The maximum atomic E-state index is 13.1. The number of nitrogens with zero attached hydrogens (tertiary/aromatic N) is 3. The molecule has 10 heteroatoms. The lowest BCUT2D eigenvalue weighted by molar-refractivity contribution is -0.274. The van der Waals surface area contributed by atoms with Crippen LogP contribution in [0.4, 0.5) is 13.2 Å². The molecule has 37 heavy (non-hydrogen) atoms. The summed E-state index contributed by atoms with van der Waals surface area (Å²) in [6.07, 6.45) is -2.39. The van der Waals surface area contributed by atoms with E-state index in [0.717, 1.165) is 17.7 Å². The number of halogens is 4. The van der Waals surface area contributed by atoms with Crippen molar-refractivity contribution in [3.05, 3.63) is 99.5 Å². The van der Waals surface area contributed by atoms with Crippen LogP contribution in [0, 0.1) is 0 Å². The molecule has 2 aromatic carbocycles. The standard InChI is InChI=1S/C27H24ClF3N4O2/c1-2-23-25(35-16-21(28)7-10-24(35)33-23)26(36)32-12-18-3-6-19-14-34(15-20(19)11-18)13-17-4-8-22(9-5-17)37-27(29,30)31/h3-11,16H,2,12-15H2,1H3,(H,32,36). The van der Waals surface area contributed by atoms with Crippen molar-refractivity contribution in [2.75, 3.05) is 0 Å². The molecule has 1 N–H and O–H groups in total. The van der Waals surface area contributed by atoms with Crippen molar-refractivity contribution in [3.63, 3.8) is 0 Å². The van der Waals surface area contributed by atoms with Gasteiger partial charge < -0.3 is 10.1 Å². The molecular formula is C27H24ClF3N4O2. The molecule has 192 valence electrons. The van der Waals surface area contributed by atoms with Crippen LogP contribution in [0.1, 0.15) is 45.4 Å². The molecule has 4 aromatic rings. The minimum Gasteiger partial charge on any atom is -0.406 e. The average Bonchev–Trinajstić information content (AvgIpc) is 3.42. The number of aryl methyl sites for hydroxylation is 1. The third-order valence-electron chi connectivity index (χ3n) is 6.28. The number of hydrogen-bond donors (Lipinski definition) is 1. The number of hydrogen-bond acceptors (Lipinski definition) is 4. The molecule has 1 aliphatic rings. The van der Waals surface area contributed by atoms with E-state index in [4.69, 9.17) is 11.6 Å². The van der Waals surface area contributed by atoms with Crippen molar-refractivity contribution in [1.82, 2.24) is 19.6 Å². The number of pyridine rings is 1. The highest BCUT2D eigenvalue weighted by molar-refractivity contribution is 6.30. The summed E-state index contributed by atoms with van der Waals surface area (Å²) in [5.74, 6) is -0.447. The van der Waals surface area contributed by atoms with Crippen LogP contribution in [-0.2, 0) is 32.6 Å². The Kier molecular flexibility index (Phi) is 6.83. The third kappa shape index (κ3) is 5.73. The Hall–Kier alpha value is -3.56. The molecule has 0 fully saturated rings. The van der Waals surface area contributed by atoms with E-state index < -0.39 is 6.36 Å². The van der Waals surface area contributed by atoms with Crippen LogP contribution in [0.5, 0.6) is 5.75 Å². The van der Waals surface area contributed by atoms with Gasteiger partial charge in [-0.1, -0.05) is 48.9 Å². The fourth-order valence-corrected chi connectivity index (χ4v) is 4.78. The first-order valence-electron chi connectivity index (χ1n) is 11.8. The number of benzene rings is 2. The van der Waals surface area contributed by atoms with Crippen LogP contribution < -0.4 is 10.1 Å². The highest BCUT2D eigenvalue weighted by atomic mass is 35.5. The predicted octanol–water partition coefficient (Wildman–Crippen LogP) is 5.89. The lowest BCUT2D eigenvalue weighted by atomic mass is 10.1. The van der Waals surface area contributed by atoms with Crippen LogP contribution in [0.2, 0.25) is 5.02 Å². The van der Waals surface area contributed by atoms with Gasteiger partial charge in [0.15, 0.2) is 0 Å². The van der Waals surface area contributed by atoms with E-state index in [1.54, 1.807) is 34.9 Å². The monoisotopic (exact) mass is 528 g/mol. The summed E-state index contributed by atoms with van der Waals surface area (Å²) in [5, 5.41) is 3.53. The predicted molar refractivity (Wildman–Crippen MR) is 133 cm³/mol. The van der Waals surface area contributed by atoms with Crippen molar-refractivity contribution in [2.24, 2.45) is 0 Å². The molecule has 0 saturated heterocycles. The van der Waals surface area contributed by atoms with E-state index in [2.05, 4.69) is 32.1 Å². The first-order valence-corrected chi connectivity index (χ1v) is 12.2. The van der Waals surface area contributed by atoms with Crippen LogP contribution in [0.3, 0.4) is 0 Å². The zero-order valence-corrected chi connectivity index (χ0v) is 20.7. The smallest absolute Gasteiger partial charge is 0.406 e. The van der Waals surface area contributed by atoms with Gasteiger partial charge in [-0.3, -0.25) is 14.1 Å². The number of ether oxygens (including phenoxy) is 1. The summed E-state index contributed by atoms with van der Waals surface area (Å²) in [6, 6.07) is 15.6. The van der Waals surface area contributed by atoms with Gasteiger partial charge in [0.25, 0.3) is 5.91 Å². The van der Waals surface area contributed by atoms with Gasteiger partial charge in [-0.2, -0.15) is 0 Å². The molecule has 0 spiro atoms. The van der Waals surface area contributed by atoms with Crippen molar-refractivity contribution in [1.29, 1.82) is 0 Å². The molecule has 2 aromatic heterocycles. The number of amides is 1. The molecule has 3 heterocycles. The molecule has 0 radical (unpaired) electrons. The third-order valence-corrected chi connectivity index (χ3v) is 6.50. The van der Waals surface area contributed by atoms with Gasteiger partial charge in [0.05, 0.1) is 10.7 Å². The lowest BCUT2D eigenvalue weighted by Gasteiger charge is -2.15. The van der Waals surface area contributed by atoms with Gasteiger partial charge in [-0.05, 0) is 52.9 Å². The Balaban J connectivity index is 1.22. The molecule has 1 amide bonds. The first kappa shape index (κ1) is 25.1. The summed E-state index contributed by atoms with van der Waals surface area (Å²) in [6.45, 7) is 4.37. The molecule has 0 saturated carbocycles. The normalized spacial score (nSPS) is 13.6. The Labute approximate surface area is 216 Å². The molecule has 6 nitrogen and oxygen atoms in total. The topological polar surface area (TPSA) is 58.9 Å². The maximum Gasteiger partial charge on any atom is 0.573 e. The summed E-state index contributed by atoms with van der Waals surface area (Å²) in [4.78, 5) is 19.8. The Morgan fingerprint density at radius 3 is 2.51 bits per heavy atom. The van der Waals surface area contributed by atoms with Gasteiger partial charge >= 0.3 is 6.36 Å². The summed E-state index contributed by atoms with van der Waals surface area (Å²) in [7, 11) is 0. The van der Waals surface area contributed by atoms with Gasteiger partial charge in [0.2, 0.25) is 0 Å². The number of rotatable bonds is 7.